The molecule has 0 aromatic heterocycles. The Morgan fingerprint density at radius 2 is 0.641 bits per heavy atom. The van der Waals surface area contributed by atoms with Gasteiger partial charge in [0.1, 0.15) is 0 Å². The number of aliphatic hydroxyl groups is 2. The number of hydrogen-bond acceptors (Lipinski definition) is 5. The van der Waals surface area contributed by atoms with Gasteiger partial charge in [-0.1, -0.05) is 346 Å². The van der Waals surface area contributed by atoms with Crippen molar-refractivity contribution in [2.45, 2.75) is 398 Å². The summed E-state index contributed by atoms with van der Waals surface area (Å²) in [6.07, 6.45) is 86.4. The largest absolute Gasteiger partial charge is 0.466 e. The van der Waals surface area contributed by atoms with Crippen molar-refractivity contribution in [3.05, 3.63) is 36.5 Å². The van der Waals surface area contributed by atoms with Crippen LogP contribution in [0.25, 0.3) is 0 Å². The van der Waals surface area contributed by atoms with E-state index in [0.717, 1.165) is 51.4 Å². The number of unbranched alkanes of at least 4 members (excludes halogenated alkanes) is 51. The van der Waals surface area contributed by atoms with Crippen LogP contribution in [0.1, 0.15) is 386 Å². The molecular formula is C72H137NO5. The predicted molar refractivity (Wildman–Crippen MR) is 343 cm³/mol. The fourth-order valence-corrected chi connectivity index (χ4v) is 11.0. The smallest absolute Gasteiger partial charge is 0.305 e. The number of esters is 1. The van der Waals surface area contributed by atoms with Crippen LogP contribution in [0, 0.1) is 0 Å². The summed E-state index contributed by atoms with van der Waals surface area (Å²) in [5.74, 6) is -0.0521. The van der Waals surface area contributed by atoms with Gasteiger partial charge in [0.05, 0.1) is 25.4 Å². The Hall–Kier alpha value is -1.92. The average Bonchev–Trinajstić information content (AvgIpc) is 3.44. The highest BCUT2D eigenvalue weighted by molar-refractivity contribution is 5.76. The van der Waals surface area contributed by atoms with E-state index in [1.54, 1.807) is 6.08 Å². The van der Waals surface area contributed by atoms with E-state index in [1.807, 2.05) is 6.08 Å². The maximum atomic E-state index is 12.5. The Morgan fingerprint density at radius 1 is 0.359 bits per heavy atom. The van der Waals surface area contributed by atoms with Crippen LogP contribution in [0.4, 0.5) is 0 Å². The average molecular weight is 1100 g/mol. The van der Waals surface area contributed by atoms with Crippen LogP contribution in [-0.2, 0) is 14.3 Å². The summed E-state index contributed by atoms with van der Waals surface area (Å²) in [6, 6.07) is -0.628. The number of hydrogen-bond donors (Lipinski definition) is 3. The van der Waals surface area contributed by atoms with E-state index in [0.29, 0.717) is 19.4 Å². The molecule has 0 aliphatic carbocycles. The highest BCUT2D eigenvalue weighted by atomic mass is 16.5. The van der Waals surface area contributed by atoms with Gasteiger partial charge < -0.3 is 20.3 Å². The number of amides is 1. The van der Waals surface area contributed by atoms with E-state index < -0.39 is 12.1 Å². The van der Waals surface area contributed by atoms with Crippen molar-refractivity contribution >= 4 is 11.9 Å². The fraction of sp³-hybridized carbons (Fsp3) is 0.889. The number of allylic oxidation sites excluding steroid dienone is 5. The molecule has 2 unspecified atom stereocenters. The maximum absolute atomic E-state index is 12.5. The molecule has 1 amide bonds. The summed E-state index contributed by atoms with van der Waals surface area (Å²) >= 11 is 0. The maximum Gasteiger partial charge on any atom is 0.305 e. The van der Waals surface area contributed by atoms with Crippen LogP contribution < -0.4 is 5.32 Å². The quantitative estimate of drug-likeness (QED) is 0.0320. The molecule has 0 radical (unpaired) electrons. The molecular weight excluding hydrogens is 959 g/mol. The molecule has 6 nitrogen and oxygen atoms in total. The molecule has 2 atom stereocenters. The molecule has 0 saturated heterocycles. The molecule has 0 aliphatic heterocycles. The molecule has 0 saturated carbocycles. The van der Waals surface area contributed by atoms with Gasteiger partial charge in [0.2, 0.25) is 5.91 Å². The van der Waals surface area contributed by atoms with Gasteiger partial charge in [-0.3, -0.25) is 9.59 Å². The lowest BCUT2D eigenvalue weighted by atomic mass is 10.0. The van der Waals surface area contributed by atoms with Gasteiger partial charge in [-0.2, -0.15) is 0 Å². The topological polar surface area (TPSA) is 95.9 Å². The molecule has 460 valence electrons. The van der Waals surface area contributed by atoms with Crippen LogP contribution in [0.2, 0.25) is 0 Å². The molecule has 0 aromatic carbocycles. The number of rotatable bonds is 66. The summed E-state index contributed by atoms with van der Waals surface area (Å²) in [5.41, 5.74) is 0. The van der Waals surface area contributed by atoms with Gasteiger partial charge >= 0.3 is 5.97 Å². The zero-order chi connectivity index (χ0) is 56.4. The highest BCUT2D eigenvalue weighted by Crippen LogP contribution is 2.19. The molecule has 3 N–H and O–H groups in total. The lowest BCUT2D eigenvalue weighted by Gasteiger charge is -2.20. The number of carbonyl (C=O) groups excluding carboxylic acids is 2. The molecule has 78 heavy (non-hydrogen) atoms. The van der Waals surface area contributed by atoms with Crippen molar-refractivity contribution in [3.63, 3.8) is 0 Å². The van der Waals surface area contributed by atoms with Crippen molar-refractivity contribution < 1.29 is 24.5 Å². The van der Waals surface area contributed by atoms with Crippen LogP contribution in [0.3, 0.4) is 0 Å². The summed E-state index contributed by atoms with van der Waals surface area (Å²) in [6.45, 7) is 4.91. The lowest BCUT2D eigenvalue weighted by Crippen LogP contribution is -2.45. The SMILES string of the molecule is CCCCC/C=C\C/C=C\CCCCCCCCCCCC(=O)OCCCCCCCCCCCCCCCCCCCCCCCCCCC(=O)NC(CO)C(O)/C=C/CCCCCCCCCCCCCCCCCC. The zero-order valence-corrected chi connectivity index (χ0v) is 52.7. The standard InChI is InChI=1S/C72H137NO5/c1-3-5-7-9-11-13-15-17-19-21-29-34-38-42-46-50-54-58-62-66-72(77)78-67-63-59-55-51-47-43-39-35-31-28-26-24-23-25-27-30-33-37-41-45-49-53-57-61-65-71(76)73-69(68-74)70(75)64-60-56-52-48-44-40-36-32-22-20-18-16-14-12-10-8-6-4-2/h11,13,17,19,60,64,69-70,74-75H,3-10,12,14-16,18,20-59,61-63,65-68H2,1-2H3,(H,73,76)/b13-11-,19-17-,64-60+. The second kappa shape index (κ2) is 67.6. The van der Waals surface area contributed by atoms with Crippen LogP contribution in [0.5, 0.6) is 0 Å². The van der Waals surface area contributed by atoms with Crippen molar-refractivity contribution in [2.75, 3.05) is 13.2 Å². The van der Waals surface area contributed by atoms with Gasteiger partial charge in [-0.25, -0.2) is 0 Å². The van der Waals surface area contributed by atoms with E-state index in [1.165, 1.54) is 308 Å². The first-order valence-electron chi connectivity index (χ1n) is 35.3. The third-order valence-corrected chi connectivity index (χ3v) is 16.4. The van der Waals surface area contributed by atoms with Crippen molar-refractivity contribution in [2.24, 2.45) is 0 Å². The van der Waals surface area contributed by atoms with Gasteiger partial charge in [0.25, 0.3) is 0 Å². The van der Waals surface area contributed by atoms with Crippen LogP contribution >= 0.6 is 0 Å². The van der Waals surface area contributed by atoms with E-state index in [9.17, 15) is 19.8 Å². The third kappa shape index (κ3) is 63.3. The molecule has 0 heterocycles. The Balaban J connectivity index is 3.38. The Morgan fingerprint density at radius 3 is 1.00 bits per heavy atom. The molecule has 0 bridgehead atoms. The summed E-state index contributed by atoms with van der Waals surface area (Å²) in [4.78, 5) is 24.6. The van der Waals surface area contributed by atoms with Gasteiger partial charge in [-0.05, 0) is 64.2 Å². The minimum atomic E-state index is -0.844. The first-order chi connectivity index (χ1) is 38.5. The predicted octanol–water partition coefficient (Wildman–Crippen LogP) is 22.7. The van der Waals surface area contributed by atoms with Crippen molar-refractivity contribution in [1.29, 1.82) is 0 Å². The van der Waals surface area contributed by atoms with Gasteiger partial charge in [0.15, 0.2) is 0 Å². The van der Waals surface area contributed by atoms with Crippen molar-refractivity contribution in [1.82, 2.24) is 5.32 Å². The summed E-state index contributed by atoms with van der Waals surface area (Å²) in [7, 11) is 0. The zero-order valence-electron chi connectivity index (χ0n) is 52.7. The molecule has 0 aromatic rings. The molecule has 0 fully saturated rings. The second-order valence-electron chi connectivity index (χ2n) is 24.2. The number of aliphatic hydroxyl groups excluding tert-OH is 2. The van der Waals surface area contributed by atoms with Crippen molar-refractivity contribution in [3.8, 4) is 0 Å². The summed E-state index contributed by atoms with van der Waals surface area (Å²) in [5, 5.41) is 23.2. The third-order valence-electron chi connectivity index (χ3n) is 16.4. The lowest BCUT2D eigenvalue weighted by molar-refractivity contribution is -0.143. The molecule has 6 heteroatoms. The number of carbonyl (C=O) groups is 2. The van der Waals surface area contributed by atoms with Crippen LogP contribution in [0.15, 0.2) is 36.5 Å². The monoisotopic (exact) mass is 1100 g/mol. The minimum absolute atomic E-state index is 0.0117. The normalized spacial score (nSPS) is 12.7. The van der Waals surface area contributed by atoms with E-state index >= 15 is 0 Å². The number of ether oxygens (including phenoxy) is 1. The molecule has 0 aliphatic rings. The van der Waals surface area contributed by atoms with E-state index in [-0.39, 0.29) is 18.5 Å². The Kier molecular flexibility index (Phi) is 65.9. The Bertz CT molecular complexity index is 1260. The fourth-order valence-electron chi connectivity index (χ4n) is 11.0. The van der Waals surface area contributed by atoms with Crippen LogP contribution in [-0.4, -0.2) is 47.4 Å². The van der Waals surface area contributed by atoms with Gasteiger partial charge in [0, 0.05) is 12.8 Å². The van der Waals surface area contributed by atoms with Gasteiger partial charge in [-0.15, -0.1) is 0 Å². The Labute approximate surface area is 487 Å². The second-order valence-corrected chi connectivity index (χ2v) is 24.2. The minimum Gasteiger partial charge on any atom is -0.466 e. The summed E-state index contributed by atoms with van der Waals surface area (Å²) < 4.78 is 5.51. The highest BCUT2D eigenvalue weighted by Gasteiger charge is 2.18. The first-order valence-corrected chi connectivity index (χ1v) is 35.3. The van der Waals surface area contributed by atoms with E-state index in [2.05, 4.69) is 43.5 Å². The van der Waals surface area contributed by atoms with E-state index in [4.69, 9.17) is 4.74 Å². The number of nitrogens with one attached hydrogen (secondary N) is 1. The first kappa shape index (κ1) is 76.1. The molecule has 0 rings (SSSR count). The molecule has 0 spiro atoms.